The Morgan fingerprint density at radius 2 is 1.59 bits per heavy atom. The number of nitrogens with one attached hydrogen (secondary N) is 1. The molecular formula is C14H14ClNO4S2. The normalized spacial score (nSPS) is 12.3. The van der Waals surface area contributed by atoms with Crippen molar-refractivity contribution >= 4 is 31.5 Å². The summed E-state index contributed by atoms with van der Waals surface area (Å²) in [5, 5.41) is 0.334. The number of sulfone groups is 1. The molecular weight excluding hydrogens is 346 g/mol. The van der Waals surface area contributed by atoms with Crippen LogP contribution in [0.5, 0.6) is 0 Å². The van der Waals surface area contributed by atoms with Crippen molar-refractivity contribution in [1.29, 1.82) is 0 Å². The van der Waals surface area contributed by atoms with Gasteiger partial charge < -0.3 is 0 Å². The van der Waals surface area contributed by atoms with Crippen molar-refractivity contribution in [3.8, 4) is 0 Å². The van der Waals surface area contributed by atoms with Crippen LogP contribution >= 0.6 is 11.6 Å². The molecule has 1 N–H and O–H groups in total. The quantitative estimate of drug-likeness (QED) is 0.887. The molecule has 0 bridgehead atoms. The molecule has 5 nitrogen and oxygen atoms in total. The highest BCUT2D eigenvalue weighted by atomic mass is 35.5. The van der Waals surface area contributed by atoms with Gasteiger partial charge in [-0.25, -0.2) is 21.6 Å². The zero-order chi connectivity index (χ0) is 16.4. The van der Waals surface area contributed by atoms with E-state index in [4.69, 9.17) is 11.6 Å². The van der Waals surface area contributed by atoms with Gasteiger partial charge in [0.25, 0.3) is 0 Å². The molecule has 118 valence electrons. The maximum atomic E-state index is 12.1. The third kappa shape index (κ3) is 4.30. The first-order valence-electron chi connectivity index (χ1n) is 6.23. The Labute approximate surface area is 134 Å². The van der Waals surface area contributed by atoms with Crippen LogP contribution in [0.15, 0.2) is 58.3 Å². The third-order valence-electron chi connectivity index (χ3n) is 2.92. The first-order valence-corrected chi connectivity index (χ1v) is 9.98. The molecule has 0 atom stereocenters. The van der Waals surface area contributed by atoms with Gasteiger partial charge in [-0.15, -0.1) is 0 Å². The topological polar surface area (TPSA) is 80.3 Å². The van der Waals surface area contributed by atoms with E-state index in [1.54, 1.807) is 24.3 Å². The molecule has 2 aromatic carbocycles. The molecule has 0 heterocycles. The van der Waals surface area contributed by atoms with Gasteiger partial charge in [-0.1, -0.05) is 29.8 Å². The lowest BCUT2D eigenvalue weighted by Crippen LogP contribution is -2.23. The Morgan fingerprint density at radius 1 is 0.955 bits per heavy atom. The summed E-state index contributed by atoms with van der Waals surface area (Å²) in [7, 11) is -6.94. The van der Waals surface area contributed by atoms with Crippen LogP contribution in [-0.4, -0.2) is 23.1 Å². The van der Waals surface area contributed by atoms with Crippen molar-refractivity contribution in [3.63, 3.8) is 0 Å². The second-order valence-corrected chi connectivity index (χ2v) is 8.92. The highest BCUT2D eigenvalue weighted by Crippen LogP contribution is 2.16. The minimum atomic E-state index is -3.67. The molecule has 0 spiro atoms. The largest absolute Gasteiger partial charge is 0.240 e. The van der Waals surface area contributed by atoms with Crippen molar-refractivity contribution in [2.45, 2.75) is 16.3 Å². The summed E-state index contributed by atoms with van der Waals surface area (Å²) in [5.41, 5.74) is 0.651. The van der Waals surface area contributed by atoms with Crippen molar-refractivity contribution < 1.29 is 16.8 Å². The van der Waals surface area contributed by atoms with E-state index >= 15 is 0 Å². The summed E-state index contributed by atoms with van der Waals surface area (Å²) in [4.78, 5) is 0.265. The molecule has 22 heavy (non-hydrogen) atoms. The molecule has 0 saturated carbocycles. The number of halogens is 1. The van der Waals surface area contributed by atoms with E-state index in [2.05, 4.69) is 4.72 Å². The standard InChI is InChI=1S/C14H14ClNO4S2/c1-21(17,18)13-7-5-11(6-8-13)10-16-22(19,20)14-4-2-3-12(15)9-14/h2-9,16H,10H2,1H3. The smallest absolute Gasteiger partial charge is 0.224 e. The monoisotopic (exact) mass is 359 g/mol. The van der Waals surface area contributed by atoms with Crippen LogP contribution in [0.25, 0.3) is 0 Å². The number of sulfonamides is 1. The van der Waals surface area contributed by atoms with E-state index in [-0.39, 0.29) is 16.3 Å². The van der Waals surface area contributed by atoms with E-state index in [9.17, 15) is 16.8 Å². The Balaban J connectivity index is 2.12. The average molecular weight is 360 g/mol. The Kier molecular flexibility index (Phi) is 4.91. The third-order valence-corrected chi connectivity index (χ3v) is 5.69. The Hall–Kier alpha value is -1.41. The highest BCUT2D eigenvalue weighted by molar-refractivity contribution is 7.90. The van der Waals surface area contributed by atoms with Crippen LogP contribution in [-0.2, 0) is 26.4 Å². The summed E-state index contributed by atoms with van der Waals surface area (Å²) in [6.07, 6.45) is 1.11. The lowest BCUT2D eigenvalue weighted by molar-refractivity contribution is 0.581. The first-order chi connectivity index (χ1) is 10.2. The number of benzene rings is 2. The van der Waals surface area contributed by atoms with Gasteiger partial charge in [0, 0.05) is 17.8 Å². The van der Waals surface area contributed by atoms with E-state index in [0.717, 1.165) is 6.26 Å². The van der Waals surface area contributed by atoms with Crippen LogP contribution in [0.1, 0.15) is 5.56 Å². The molecule has 2 rings (SSSR count). The predicted molar refractivity (Wildman–Crippen MR) is 85.0 cm³/mol. The van der Waals surface area contributed by atoms with Crippen molar-refractivity contribution in [2.75, 3.05) is 6.26 Å². The van der Waals surface area contributed by atoms with Crippen LogP contribution in [0.3, 0.4) is 0 Å². The minimum absolute atomic E-state index is 0.0545. The lowest BCUT2D eigenvalue weighted by Gasteiger charge is -2.07. The highest BCUT2D eigenvalue weighted by Gasteiger charge is 2.14. The molecule has 0 amide bonds. The van der Waals surface area contributed by atoms with Crippen molar-refractivity contribution in [2.24, 2.45) is 0 Å². The molecule has 0 aliphatic heterocycles. The van der Waals surface area contributed by atoms with Gasteiger partial charge in [-0.2, -0.15) is 0 Å². The molecule has 0 radical (unpaired) electrons. The summed E-state index contributed by atoms with van der Waals surface area (Å²) >= 11 is 5.78. The van der Waals surface area contributed by atoms with Gasteiger partial charge in [0.1, 0.15) is 0 Å². The fourth-order valence-electron chi connectivity index (χ4n) is 1.75. The molecule has 2 aromatic rings. The lowest BCUT2D eigenvalue weighted by atomic mass is 10.2. The Bertz CT molecular complexity index is 875. The van der Waals surface area contributed by atoms with Gasteiger partial charge in [-0.3, -0.25) is 0 Å². The van der Waals surface area contributed by atoms with Gasteiger partial charge in [0.05, 0.1) is 9.79 Å². The molecule has 0 aliphatic rings. The SMILES string of the molecule is CS(=O)(=O)c1ccc(CNS(=O)(=O)c2cccc(Cl)c2)cc1. The number of rotatable bonds is 5. The fraction of sp³-hybridized carbons (Fsp3) is 0.143. The van der Waals surface area contributed by atoms with E-state index in [0.29, 0.717) is 10.6 Å². The van der Waals surface area contributed by atoms with Crippen LogP contribution < -0.4 is 4.72 Å². The van der Waals surface area contributed by atoms with Gasteiger partial charge in [0.2, 0.25) is 10.0 Å². The predicted octanol–water partition coefficient (Wildman–Crippen LogP) is 2.22. The van der Waals surface area contributed by atoms with E-state index in [1.165, 1.54) is 24.3 Å². The fourth-order valence-corrected chi connectivity index (χ4v) is 3.70. The summed E-state index contributed by atoms with van der Waals surface area (Å²) < 4.78 is 49.4. The molecule has 0 aromatic heterocycles. The van der Waals surface area contributed by atoms with Crippen LogP contribution in [0.2, 0.25) is 5.02 Å². The number of hydrogen-bond acceptors (Lipinski definition) is 4. The van der Waals surface area contributed by atoms with Crippen molar-refractivity contribution in [1.82, 2.24) is 4.72 Å². The van der Waals surface area contributed by atoms with Gasteiger partial charge in [0.15, 0.2) is 9.84 Å². The average Bonchev–Trinajstić information content (AvgIpc) is 2.45. The second kappa shape index (κ2) is 6.37. The maximum Gasteiger partial charge on any atom is 0.240 e. The maximum absolute atomic E-state index is 12.1. The van der Waals surface area contributed by atoms with E-state index in [1.807, 2.05) is 0 Å². The molecule has 8 heteroatoms. The zero-order valence-corrected chi connectivity index (χ0v) is 14.0. The van der Waals surface area contributed by atoms with Crippen LogP contribution in [0.4, 0.5) is 0 Å². The molecule has 0 unspecified atom stereocenters. The molecule has 0 fully saturated rings. The minimum Gasteiger partial charge on any atom is -0.224 e. The summed E-state index contributed by atoms with van der Waals surface area (Å²) in [5.74, 6) is 0. The Morgan fingerprint density at radius 3 is 2.14 bits per heavy atom. The number of hydrogen-bond donors (Lipinski definition) is 1. The summed E-state index contributed by atoms with van der Waals surface area (Å²) in [6, 6.07) is 12.0. The zero-order valence-electron chi connectivity index (χ0n) is 11.7. The van der Waals surface area contributed by atoms with Gasteiger partial charge >= 0.3 is 0 Å². The van der Waals surface area contributed by atoms with Gasteiger partial charge in [-0.05, 0) is 35.9 Å². The summed E-state index contributed by atoms with van der Waals surface area (Å²) in [6.45, 7) is 0.0545. The molecule has 0 saturated heterocycles. The first kappa shape index (κ1) is 17.0. The second-order valence-electron chi connectivity index (χ2n) is 4.70. The van der Waals surface area contributed by atoms with Crippen LogP contribution in [0, 0.1) is 0 Å². The van der Waals surface area contributed by atoms with E-state index < -0.39 is 19.9 Å². The van der Waals surface area contributed by atoms with Crippen molar-refractivity contribution in [3.05, 3.63) is 59.1 Å². The molecule has 0 aliphatic carbocycles.